The van der Waals surface area contributed by atoms with E-state index in [9.17, 15) is 4.79 Å². The first kappa shape index (κ1) is 15.7. The summed E-state index contributed by atoms with van der Waals surface area (Å²) in [6.07, 6.45) is 1.73. The number of rotatable bonds is 5. The lowest BCUT2D eigenvalue weighted by Gasteiger charge is -2.19. The number of amides is 1. The summed E-state index contributed by atoms with van der Waals surface area (Å²) >= 11 is 0. The van der Waals surface area contributed by atoms with E-state index < -0.39 is 0 Å². The van der Waals surface area contributed by atoms with Gasteiger partial charge in [0.05, 0.1) is 29.8 Å². The van der Waals surface area contributed by atoms with Crippen LogP contribution >= 0.6 is 0 Å². The molecule has 3 aromatic rings. The number of nitrogens with zero attached hydrogens (tertiary/aromatic N) is 4. The van der Waals surface area contributed by atoms with Crippen LogP contribution in [0.15, 0.2) is 60.8 Å². The second-order valence-corrected chi connectivity index (χ2v) is 5.41. The van der Waals surface area contributed by atoms with Gasteiger partial charge in [0.2, 0.25) is 5.91 Å². The van der Waals surface area contributed by atoms with Gasteiger partial charge in [-0.15, -0.1) is 0 Å². The van der Waals surface area contributed by atoms with Gasteiger partial charge in [-0.05, 0) is 24.3 Å². The first-order chi connectivity index (χ1) is 11.6. The van der Waals surface area contributed by atoms with Crippen molar-refractivity contribution in [3.8, 4) is 5.69 Å². The maximum atomic E-state index is 11.6. The minimum absolute atomic E-state index is 0.0146. The summed E-state index contributed by atoms with van der Waals surface area (Å²) in [7, 11) is 1.76. The van der Waals surface area contributed by atoms with Gasteiger partial charge >= 0.3 is 0 Å². The highest BCUT2D eigenvalue weighted by Gasteiger charge is 2.10. The Morgan fingerprint density at radius 3 is 2.58 bits per heavy atom. The first-order valence-corrected chi connectivity index (χ1v) is 7.69. The third kappa shape index (κ3) is 3.43. The Balaban J connectivity index is 1.73. The fourth-order valence-electron chi connectivity index (χ4n) is 2.33. The molecule has 0 bridgehead atoms. The third-order valence-electron chi connectivity index (χ3n) is 3.72. The lowest BCUT2D eigenvalue weighted by atomic mass is 10.2. The normalized spacial score (nSPS) is 10.4. The third-order valence-corrected chi connectivity index (χ3v) is 3.72. The summed E-state index contributed by atoms with van der Waals surface area (Å²) in [5.74, 6) is -0.0146. The predicted molar refractivity (Wildman–Crippen MR) is 94.2 cm³/mol. The van der Waals surface area contributed by atoms with E-state index >= 15 is 0 Å². The Morgan fingerprint density at radius 1 is 1.12 bits per heavy atom. The van der Waals surface area contributed by atoms with Gasteiger partial charge in [-0.25, -0.2) is 0 Å². The molecule has 0 aliphatic heterocycles. The Hall–Kier alpha value is -3.15. The van der Waals surface area contributed by atoms with E-state index in [0.717, 1.165) is 22.8 Å². The summed E-state index contributed by atoms with van der Waals surface area (Å²) in [6, 6.07) is 17.4. The number of benzene rings is 2. The molecule has 6 nitrogen and oxygen atoms in total. The van der Waals surface area contributed by atoms with Crippen LogP contribution < -0.4 is 10.2 Å². The molecule has 0 aliphatic carbocycles. The van der Waals surface area contributed by atoms with E-state index in [0.29, 0.717) is 6.54 Å². The fourth-order valence-corrected chi connectivity index (χ4v) is 2.33. The molecule has 24 heavy (non-hydrogen) atoms. The van der Waals surface area contributed by atoms with E-state index in [1.807, 2.05) is 54.6 Å². The van der Waals surface area contributed by atoms with Gasteiger partial charge in [-0.3, -0.25) is 4.79 Å². The van der Waals surface area contributed by atoms with Crippen molar-refractivity contribution in [3.05, 3.63) is 66.5 Å². The predicted octanol–water partition coefficient (Wildman–Crippen LogP) is 2.86. The van der Waals surface area contributed by atoms with Crippen LogP contribution in [0.4, 0.5) is 11.4 Å². The van der Waals surface area contributed by atoms with Gasteiger partial charge in [0.15, 0.2) is 0 Å². The Morgan fingerprint density at radius 2 is 1.83 bits per heavy atom. The van der Waals surface area contributed by atoms with Gasteiger partial charge in [-0.1, -0.05) is 30.3 Å². The molecular weight excluding hydrogens is 302 g/mol. The van der Waals surface area contributed by atoms with Crippen LogP contribution in [0.3, 0.4) is 0 Å². The van der Waals surface area contributed by atoms with Crippen molar-refractivity contribution in [2.75, 3.05) is 17.3 Å². The van der Waals surface area contributed by atoms with E-state index in [4.69, 9.17) is 0 Å². The van der Waals surface area contributed by atoms with Crippen molar-refractivity contribution in [2.45, 2.75) is 13.5 Å². The highest BCUT2D eigenvalue weighted by atomic mass is 16.2. The summed E-state index contributed by atoms with van der Waals surface area (Å²) in [5.41, 5.74) is 3.45. The molecule has 0 fully saturated rings. The number of carbonyl (C=O) groups excluding carboxylic acids is 1. The molecule has 122 valence electrons. The van der Waals surface area contributed by atoms with Crippen LogP contribution in [0.2, 0.25) is 0 Å². The molecular formula is C18H19N5O. The van der Waals surface area contributed by atoms with Crippen molar-refractivity contribution in [1.82, 2.24) is 15.0 Å². The number of carbonyl (C=O) groups is 1. The topological polar surface area (TPSA) is 63.1 Å². The van der Waals surface area contributed by atoms with E-state index in [1.165, 1.54) is 0 Å². The number of aromatic nitrogens is 3. The monoisotopic (exact) mass is 321 g/mol. The molecule has 1 aromatic heterocycles. The zero-order valence-corrected chi connectivity index (χ0v) is 13.7. The molecule has 1 N–H and O–H groups in total. The minimum atomic E-state index is -0.0146. The maximum Gasteiger partial charge on any atom is 0.223 e. The molecule has 0 saturated carbocycles. The lowest BCUT2D eigenvalue weighted by Crippen LogP contribution is -2.23. The quantitative estimate of drug-likeness (QED) is 0.785. The summed E-state index contributed by atoms with van der Waals surface area (Å²) in [4.78, 5) is 14.8. The van der Waals surface area contributed by atoms with Crippen LogP contribution in [0.25, 0.3) is 5.69 Å². The van der Waals surface area contributed by atoms with Crippen LogP contribution in [0.1, 0.15) is 12.6 Å². The molecule has 0 aliphatic rings. The lowest BCUT2D eigenvalue weighted by molar-refractivity contribution is -0.116. The van der Waals surface area contributed by atoms with Crippen molar-refractivity contribution in [1.29, 1.82) is 0 Å². The molecule has 0 radical (unpaired) electrons. The fraction of sp³-hybridized carbons (Fsp3) is 0.167. The smallest absolute Gasteiger partial charge is 0.223 e. The van der Waals surface area contributed by atoms with Gasteiger partial charge in [0.1, 0.15) is 5.69 Å². The van der Waals surface area contributed by atoms with Crippen LogP contribution in [0, 0.1) is 0 Å². The highest BCUT2D eigenvalue weighted by molar-refractivity contribution is 5.94. The summed E-state index contributed by atoms with van der Waals surface area (Å²) in [6.45, 7) is 2.07. The molecule has 0 saturated heterocycles. The molecule has 1 amide bonds. The summed E-state index contributed by atoms with van der Waals surface area (Å²) < 4.78 is 0. The van der Waals surface area contributed by atoms with Crippen LogP contribution in [-0.4, -0.2) is 27.9 Å². The average molecular weight is 321 g/mol. The zero-order chi connectivity index (χ0) is 16.9. The molecule has 1 heterocycles. The van der Waals surface area contributed by atoms with Crippen molar-refractivity contribution in [2.24, 2.45) is 0 Å². The average Bonchev–Trinajstić information content (AvgIpc) is 3.09. The number of hydrogen-bond donors (Lipinski definition) is 1. The highest BCUT2D eigenvalue weighted by Crippen LogP contribution is 2.25. The van der Waals surface area contributed by atoms with E-state index in [1.54, 1.807) is 29.9 Å². The zero-order valence-electron chi connectivity index (χ0n) is 13.7. The number of para-hydroxylation sites is 3. The van der Waals surface area contributed by atoms with Crippen LogP contribution in [0.5, 0.6) is 0 Å². The van der Waals surface area contributed by atoms with Gasteiger partial charge in [0.25, 0.3) is 0 Å². The van der Waals surface area contributed by atoms with Crippen molar-refractivity contribution >= 4 is 17.3 Å². The largest absolute Gasteiger partial charge is 0.378 e. The Bertz CT molecular complexity index is 828. The standard InChI is InChI=1S/C18H19N5O/c1-14(24)22(2)18-11-7-6-10-17(18)19-12-15-13-20-23(21-15)16-8-4-3-5-9-16/h3-11,13,19H,12H2,1-2H3. The SMILES string of the molecule is CC(=O)N(C)c1ccccc1NCc1cnn(-c2ccccc2)n1. The number of nitrogens with one attached hydrogen (secondary N) is 1. The summed E-state index contributed by atoms with van der Waals surface area (Å²) in [5, 5.41) is 12.1. The van der Waals surface area contributed by atoms with E-state index in [2.05, 4.69) is 15.5 Å². The van der Waals surface area contributed by atoms with Gasteiger partial charge in [-0.2, -0.15) is 15.0 Å². The molecule has 0 unspecified atom stereocenters. The van der Waals surface area contributed by atoms with Crippen LogP contribution in [-0.2, 0) is 11.3 Å². The second-order valence-electron chi connectivity index (χ2n) is 5.41. The first-order valence-electron chi connectivity index (χ1n) is 7.69. The number of anilines is 2. The Labute approximate surface area is 140 Å². The number of hydrogen-bond acceptors (Lipinski definition) is 4. The van der Waals surface area contributed by atoms with Gasteiger partial charge < -0.3 is 10.2 Å². The minimum Gasteiger partial charge on any atom is -0.378 e. The molecule has 0 spiro atoms. The van der Waals surface area contributed by atoms with E-state index in [-0.39, 0.29) is 5.91 Å². The Kier molecular flexibility index (Phi) is 4.56. The van der Waals surface area contributed by atoms with Gasteiger partial charge in [0, 0.05) is 14.0 Å². The molecule has 6 heteroatoms. The molecule has 2 aromatic carbocycles. The molecule has 3 rings (SSSR count). The van der Waals surface area contributed by atoms with Crippen molar-refractivity contribution in [3.63, 3.8) is 0 Å². The second kappa shape index (κ2) is 6.95. The van der Waals surface area contributed by atoms with Crippen molar-refractivity contribution < 1.29 is 4.79 Å². The maximum absolute atomic E-state index is 11.6. The molecule has 0 atom stereocenters.